The largest absolute Gasteiger partial charge is 0.387 e. The highest BCUT2D eigenvalue weighted by Crippen LogP contribution is 2.15. The average molecular weight is 277 g/mol. The zero-order chi connectivity index (χ0) is 13.5. The summed E-state index contributed by atoms with van der Waals surface area (Å²) in [4.78, 5) is 0. The molecular formula is C12H17F2NO2S. The van der Waals surface area contributed by atoms with E-state index in [1.807, 2.05) is 0 Å². The molecule has 0 aliphatic carbocycles. The van der Waals surface area contributed by atoms with E-state index in [2.05, 4.69) is 5.32 Å². The van der Waals surface area contributed by atoms with Crippen molar-refractivity contribution in [1.29, 1.82) is 0 Å². The summed E-state index contributed by atoms with van der Waals surface area (Å²) in [6.45, 7) is 0.877. The molecule has 1 aromatic rings. The third kappa shape index (κ3) is 5.20. The highest BCUT2D eigenvalue weighted by atomic mass is 32.2. The fourth-order valence-corrected chi connectivity index (χ4v) is 2.03. The first-order valence-corrected chi connectivity index (χ1v) is 7.37. The van der Waals surface area contributed by atoms with Crippen LogP contribution in [-0.2, 0) is 10.8 Å². The van der Waals surface area contributed by atoms with Gasteiger partial charge in [-0.2, -0.15) is 0 Å². The van der Waals surface area contributed by atoms with Gasteiger partial charge >= 0.3 is 0 Å². The quantitative estimate of drug-likeness (QED) is 0.740. The van der Waals surface area contributed by atoms with Crippen molar-refractivity contribution in [3.63, 3.8) is 0 Å². The Morgan fingerprint density at radius 3 is 2.72 bits per heavy atom. The lowest BCUT2D eigenvalue weighted by molar-refractivity contribution is 0.174. The van der Waals surface area contributed by atoms with Crippen LogP contribution in [0.2, 0.25) is 0 Å². The molecule has 0 heterocycles. The van der Waals surface area contributed by atoms with Gasteiger partial charge in [-0.05, 0) is 30.7 Å². The molecule has 2 atom stereocenters. The molecule has 0 bridgehead atoms. The molecule has 2 unspecified atom stereocenters. The summed E-state index contributed by atoms with van der Waals surface area (Å²) < 4.78 is 36.4. The standard InChI is InChI=1S/C12H17F2NO2S/c1-18(17)6-2-5-15-8-12(16)9-3-4-10(13)11(14)7-9/h3-4,7,12,15-16H,2,5-6,8H2,1H3. The van der Waals surface area contributed by atoms with Gasteiger partial charge in [-0.25, -0.2) is 8.78 Å². The maximum absolute atomic E-state index is 12.9. The third-order valence-corrected chi connectivity index (χ3v) is 3.32. The van der Waals surface area contributed by atoms with E-state index in [9.17, 15) is 18.1 Å². The zero-order valence-electron chi connectivity index (χ0n) is 10.2. The second-order valence-electron chi connectivity index (χ2n) is 4.02. The molecule has 0 amide bonds. The molecule has 1 rings (SSSR count). The molecule has 0 saturated carbocycles. The van der Waals surface area contributed by atoms with Crippen LogP contribution in [0.4, 0.5) is 8.78 Å². The van der Waals surface area contributed by atoms with Gasteiger partial charge in [0.25, 0.3) is 0 Å². The number of nitrogens with one attached hydrogen (secondary N) is 1. The van der Waals surface area contributed by atoms with E-state index >= 15 is 0 Å². The molecule has 6 heteroatoms. The molecule has 0 radical (unpaired) electrons. The van der Waals surface area contributed by atoms with Crippen molar-refractivity contribution >= 4 is 10.8 Å². The van der Waals surface area contributed by atoms with Crippen molar-refractivity contribution < 1.29 is 18.1 Å². The van der Waals surface area contributed by atoms with Crippen molar-refractivity contribution in [3.05, 3.63) is 35.4 Å². The number of aliphatic hydroxyl groups is 1. The summed E-state index contributed by atoms with van der Waals surface area (Å²) in [7, 11) is -0.815. The number of hydrogen-bond acceptors (Lipinski definition) is 3. The Hall–Kier alpha value is -0.850. The van der Waals surface area contributed by atoms with Gasteiger partial charge in [0.05, 0.1) is 6.10 Å². The van der Waals surface area contributed by atoms with Gasteiger partial charge in [0.1, 0.15) is 0 Å². The van der Waals surface area contributed by atoms with Crippen LogP contribution in [0.3, 0.4) is 0 Å². The maximum atomic E-state index is 12.9. The van der Waals surface area contributed by atoms with Crippen LogP contribution in [0, 0.1) is 11.6 Å². The van der Waals surface area contributed by atoms with Gasteiger partial charge in [0.2, 0.25) is 0 Å². The van der Waals surface area contributed by atoms with Gasteiger partial charge in [0, 0.05) is 29.4 Å². The molecule has 0 aliphatic rings. The molecule has 3 nitrogen and oxygen atoms in total. The van der Waals surface area contributed by atoms with Gasteiger partial charge in [-0.15, -0.1) is 0 Å². The van der Waals surface area contributed by atoms with Crippen LogP contribution >= 0.6 is 0 Å². The van der Waals surface area contributed by atoms with Gasteiger partial charge in [-0.1, -0.05) is 6.07 Å². The smallest absolute Gasteiger partial charge is 0.159 e. The van der Waals surface area contributed by atoms with Gasteiger partial charge in [-0.3, -0.25) is 4.21 Å². The van der Waals surface area contributed by atoms with Crippen LogP contribution in [0.25, 0.3) is 0 Å². The molecular weight excluding hydrogens is 260 g/mol. The number of benzene rings is 1. The number of rotatable bonds is 7. The highest BCUT2D eigenvalue weighted by molar-refractivity contribution is 7.84. The summed E-state index contributed by atoms with van der Waals surface area (Å²) in [5, 5.41) is 12.7. The van der Waals surface area contributed by atoms with Crippen LogP contribution in [0.5, 0.6) is 0 Å². The minimum atomic E-state index is -0.965. The molecule has 102 valence electrons. The van der Waals surface area contributed by atoms with E-state index in [1.165, 1.54) is 6.07 Å². The van der Waals surface area contributed by atoms with Gasteiger partial charge < -0.3 is 10.4 Å². The number of aliphatic hydroxyl groups excluding tert-OH is 1. The van der Waals surface area contributed by atoms with Crippen LogP contribution < -0.4 is 5.32 Å². The van der Waals surface area contributed by atoms with Crippen molar-refractivity contribution in [2.45, 2.75) is 12.5 Å². The average Bonchev–Trinajstić information content (AvgIpc) is 2.31. The molecule has 1 aromatic carbocycles. The third-order valence-electron chi connectivity index (χ3n) is 2.45. The molecule has 0 fully saturated rings. The topological polar surface area (TPSA) is 49.3 Å². The molecule has 18 heavy (non-hydrogen) atoms. The van der Waals surface area contributed by atoms with E-state index in [0.717, 1.165) is 18.6 Å². The van der Waals surface area contributed by atoms with Crippen LogP contribution in [0.1, 0.15) is 18.1 Å². The Bertz CT molecular complexity index is 415. The molecule has 2 N–H and O–H groups in total. The zero-order valence-corrected chi connectivity index (χ0v) is 11.0. The van der Waals surface area contributed by atoms with Crippen molar-refractivity contribution in [2.75, 3.05) is 25.1 Å². The van der Waals surface area contributed by atoms with Gasteiger partial charge in [0.15, 0.2) is 11.6 Å². The van der Waals surface area contributed by atoms with E-state index < -0.39 is 28.5 Å². The Labute approximate surface area is 108 Å². The summed E-state index contributed by atoms with van der Waals surface area (Å²) in [5.41, 5.74) is 0.334. The second kappa shape index (κ2) is 7.56. The Kier molecular flexibility index (Phi) is 6.38. The fourth-order valence-electron chi connectivity index (χ4n) is 1.48. The summed E-state index contributed by atoms with van der Waals surface area (Å²) in [6.07, 6.45) is 1.50. The number of hydrogen-bond donors (Lipinski definition) is 2. The number of halogens is 2. The Morgan fingerprint density at radius 1 is 1.39 bits per heavy atom. The minimum Gasteiger partial charge on any atom is -0.387 e. The van der Waals surface area contributed by atoms with Crippen molar-refractivity contribution in [3.8, 4) is 0 Å². The molecule has 0 aliphatic heterocycles. The van der Waals surface area contributed by atoms with E-state index in [4.69, 9.17) is 0 Å². The predicted molar refractivity (Wildman–Crippen MR) is 67.7 cm³/mol. The second-order valence-corrected chi connectivity index (χ2v) is 5.58. The first kappa shape index (κ1) is 15.2. The lowest BCUT2D eigenvalue weighted by atomic mass is 10.1. The molecule has 0 saturated heterocycles. The Morgan fingerprint density at radius 2 is 2.11 bits per heavy atom. The fraction of sp³-hybridized carbons (Fsp3) is 0.500. The van der Waals surface area contributed by atoms with E-state index in [0.29, 0.717) is 17.9 Å². The first-order chi connectivity index (χ1) is 8.50. The predicted octanol–water partition coefficient (Wildman–Crippen LogP) is 1.36. The molecule has 0 spiro atoms. The summed E-state index contributed by atoms with van der Waals surface area (Å²) in [5.74, 6) is -1.29. The molecule has 0 aromatic heterocycles. The van der Waals surface area contributed by atoms with E-state index in [-0.39, 0.29) is 6.54 Å². The normalized spacial score (nSPS) is 14.4. The van der Waals surface area contributed by atoms with Crippen molar-refractivity contribution in [2.24, 2.45) is 0 Å². The lowest BCUT2D eigenvalue weighted by Crippen LogP contribution is -2.23. The Balaban J connectivity index is 2.34. The first-order valence-electron chi connectivity index (χ1n) is 5.64. The van der Waals surface area contributed by atoms with Crippen molar-refractivity contribution in [1.82, 2.24) is 5.32 Å². The minimum absolute atomic E-state index is 0.251. The monoisotopic (exact) mass is 277 g/mol. The summed E-state index contributed by atoms with van der Waals surface area (Å²) in [6, 6.07) is 3.34. The lowest BCUT2D eigenvalue weighted by Gasteiger charge is -2.12. The van der Waals surface area contributed by atoms with E-state index in [1.54, 1.807) is 6.26 Å². The van der Waals surface area contributed by atoms with Crippen LogP contribution in [-0.4, -0.2) is 34.4 Å². The summed E-state index contributed by atoms with van der Waals surface area (Å²) >= 11 is 0. The SMILES string of the molecule is CS(=O)CCCNCC(O)c1ccc(F)c(F)c1. The highest BCUT2D eigenvalue weighted by Gasteiger charge is 2.10. The van der Waals surface area contributed by atoms with Crippen LogP contribution in [0.15, 0.2) is 18.2 Å². The maximum Gasteiger partial charge on any atom is 0.159 e.